The van der Waals surface area contributed by atoms with E-state index in [1.54, 1.807) is 11.3 Å². The Kier molecular flexibility index (Phi) is 3.05. The van der Waals surface area contributed by atoms with Crippen LogP contribution in [0.15, 0.2) is 22.4 Å². The second-order valence-electron chi connectivity index (χ2n) is 3.16. The number of fused-ring (bicyclic) bond motifs is 1. The summed E-state index contributed by atoms with van der Waals surface area (Å²) in [6.07, 6.45) is 1.05. The van der Waals surface area contributed by atoms with Gasteiger partial charge < -0.3 is 0 Å². The van der Waals surface area contributed by atoms with Crippen molar-refractivity contribution in [1.82, 2.24) is 0 Å². The summed E-state index contributed by atoms with van der Waals surface area (Å²) in [7, 11) is 0. The van der Waals surface area contributed by atoms with Gasteiger partial charge in [0.05, 0.1) is 4.21 Å². The maximum Gasteiger partial charge on any atom is 0.0625 e. The fraction of sp³-hybridized carbons (Fsp3) is 0.273. The summed E-state index contributed by atoms with van der Waals surface area (Å²) < 4.78 is 2.35. The third-order valence-electron chi connectivity index (χ3n) is 2.39. The van der Waals surface area contributed by atoms with Gasteiger partial charge in [0.2, 0.25) is 0 Å². The summed E-state index contributed by atoms with van der Waals surface area (Å²) >= 11 is 12.1. The Morgan fingerprint density at radius 1 is 1.43 bits per heavy atom. The van der Waals surface area contributed by atoms with Crippen molar-refractivity contribution in [2.24, 2.45) is 0 Å². The van der Waals surface area contributed by atoms with Crippen molar-refractivity contribution >= 4 is 45.7 Å². The zero-order chi connectivity index (χ0) is 10.1. The number of aryl methyl sites for hydroxylation is 1. The van der Waals surface area contributed by atoms with E-state index in [1.165, 1.54) is 21.2 Å². The van der Waals surface area contributed by atoms with E-state index in [0.717, 1.165) is 10.6 Å². The van der Waals surface area contributed by atoms with Gasteiger partial charge in [-0.05, 0) is 23.6 Å². The number of alkyl halides is 1. The summed E-state index contributed by atoms with van der Waals surface area (Å²) in [5.74, 6) is 0.551. The van der Waals surface area contributed by atoms with E-state index in [0.29, 0.717) is 5.88 Å². The lowest BCUT2D eigenvalue weighted by Crippen LogP contribution is -1.84. The fourth-order valence-corrected chi connectivity index (χ4v) is 3.63. The average Bonchev–Trinajstić information content (AvgIpc) is 2.52. The summed E-state index contributed by atoms with van der Waals surface area (Å²) in [6, 6.07) is 6.40. The molecule has 0 atom stereocenters. The topological polar surface area (TPSA) is 0 Å². The van der Waals surface area contributed by atoms with E-state index in [9.17, 15) is 0 Å². The van der Waals surface area contributed by atoms with Gasteiger partial charge in [-0.15, -0.1) is 35.6 Å². The highest BCUT2D eigenvalue weighted by molar-refractivity contribution is 7.83. The molecule has 0 aliphatic heterocycles. The predicted molar refractivity (Wildman–Crippen MR) is 68.0 cm³/mol. The average molecular weight is 243 g/mol. The lowest BCUT2D eigenvalue weighted by atomic mass is 10.1. The molecule has 1 aromatic heterocycles. The summed E-state index contributed by atoms with van der Waals surface area (Å²) in [4.78, 5) is 0. The fourth-order valence-electron chi connectivity index (χ4n) is 1.70. The first-order chi connectivity index (χ1) is 6.77. The highest BCUT2D eigenvalue weighted by atomic mass is 35.5. The number of rotatable bonds is 2. The van der Waals surface area contributed by atoms with Gasteiger partial charge in [-0.2, -0.15) is 0 Å². The number of thiophene rings is 1. The molecule has 2 aromatic rings. The molecular weight excluding hydrogens is 232 g/mol. The highest BCUT2D eigenvalue weighted by Crippen LogP contribution is 2.36. The molecule has 0 fully saturated rings. The third kappa shape index (κ3) is 1.56. The van der Waals surface area contributed by atoms with Crippen molar-refractivity contribution in [3.63, 3.8) is 0 Å². The lowest BCUT2D eigenvalue weighted by Gasteiger charge is -2.01. The van der Waals surface area contributed by atoms with Gasteiger partial charge in [-0.1, -0.05) is 19.1 Å². The molecule has 0 saturated heterocycles. The molecule has 0 nitrogen and oxygen atoms in total. The molecule has 0 saturated carbocycles. The van der Waals surface area contributed by atoms with E-state index in [4.69, 9.17) is 11.6 Å². The molecule has 0 amide bonds. The Balaban J connectivity index is 2.82. The number of benzene rings is 1. The first kappa shape index (κ1) is 10.3. The van der Waals surface area contributed by atoms with E-state index in [-0.39, 0.29) is 0 Å². The van der Waals surface area contributed by atoms with E-state index in [1.807, 2.05) is 0 Å². The minimum Gasteiger partial charge on any atom is -0.132 e. The van der Waals surface area contributed by atoms with Crippen LogP contribution in [0.2, 0.25) is 0 Å². The Hall–Kier alpha value is -0.180. The Labute approximate surface area is 98.3 Å². The molecule has 0 unspecified atom stereocenters. The molecule has 0 radical (unpaired) electrons. The van der Waals surface area contributed by atoms with Gasteiger partial charge in [0.25, 0.3) is 0 Å². The summed E-state index contributed by atoms with van der Waals surface area (Å²) in [5, 5.41) is 1.32. The second-order valence-corrected chi connectivity index (χ2v) is 5.23. The quantitative estimate of drug-likeness (QED) is 0.582. The summed E-state index contributed by atoms with van der Waals surface area (Å²) in [5.41, 5.74) is 2.56. The van der Waals surface area contributed by atoms with Crippen LogP contribution in [0.1, 0.15) is 18.1 Å². The Morgan fingerprint density at radius 2 is 2.21 bits per heavy atom. The summed E-state index contributed by atoms with van der Waals surface area (Å²) in [6.45, 7) is 2.17. The molecule has 1 aromatic carbocycles. The van der Waals surface area contributed by atoms with Crippen LogP contribution < -0.4 is 0 Å². The largest absolute Gasteiger partial charge is 0.132 e. The van der Waals surface area contributed by atoms with Gasteiger partial charge in [0, 0.05) is 16.0 Å². The zero-order valence-corrected chi connectivity index (χ0v) is 10.3. The van der Waals surface area contributed by atoms with Crippen molar-refractivity contribution in [3.8, 4) is 0 Å². The van der Waals surface area contributed by atoms with Gasteiger partial charge in [-0.25, -0.2) is 0 Å². The van der Waals surface area contributed by atoms with Crippen LogP contribution >= 0.6 is 35.6 Å². The molecule has 74 valence electrons. The monoisotopic (exact) mass is 242 g/mol. The van der Waals surface area contributed by atoms with Crippen LogP contribution in [0.25, 0.3) is 10.1 Å². The van der Waals surface area contributed by atoms with Crippen molar-refractivity contribution in [2.75, 3.05) is 0 Å². The highest BCUT2D eigenvalue weighted by Gasteiger charge is 2.10. The third-order valence-corrected chi connectivity index (χ3v) is 4.20. The van der Waals surface area contributed by atoms with Crippen LogP contribution in [0.5, 0.6) is 0 Å². The first-order valence-electron chi connectivity index (χ1n) is 4.56. The minimum atomic E-state index is 0.551. The van der Waals surface area contributed by atoms with Crippen LogP contribution in [0.3, 0.4) is 0 Å². The van der Waals surface area contributed by atoms with Crippen LogP contribution in [0.4, 0.5) is 0 Å². The Bertz CT molecular complexity index is 460. The number of halogens is 1. The molecule has 3 heteroatoms. The molecule has 0 aliphatic rings. The minimum absolute atomic E-state index is 0.551. The molecular formula is C11H11ClS2. The van der Waals surface area contributed by atoms with Gasteiger partial charge in [0.15, 0.2) is 0 Å². The number of hydrogen-bond acceptors (Lipinski definition) is 2. The molecule has 0 aliphatic carbocycles. The van der Waals surface area contributed by atoms with Crippen LogP contribution in [-0.2, 0) is 12.3 Å². The normalized spacial score (nSPS) is 11.1. The van der Waals surface area contributed by atoms with Crippen LogP contribution in [0, 0.1) is 0 Å². The molecule has 0 spiro atoms. The first-order valence-corrected chi connectivity index (χ1v) is 6.36. The van der Waals surface area contributed by atoms with E-state index in [2.05, 4.69) is 37.8 Å². The zero-order valence-electron chi connectivity index (χ0n) is 7.88. The Morgan fingerprint density at radius 3 is 2.86 bits per heavy atom. The van der Waals surface area contributed by atoms with Crippen molar-refractivity contribution in [1.29, 1.82) is 0 Å². The maximum atomic E-state index is 5.94. The molecule has 2 rings (SSSR count). The molecule has 0 N–H and O–H groups in total. The number of hydrogen-bond donors (Lipinski definition) is 1. The smallest absolute Gasteiger partial charge is 0.0625 e. The van der Waals surface area contributed by atoms with E-state index < -0.39 is 0 Å². The van der Waals surface area contributed by atoms with Gasteiger partial charge >= 0.3 is 0 Å². The second kappa shape index (κ2) is 4.13. The number of thiol groups is 1. The SMILES string of the molecule is CCc1cccc2sc(S)c(CCl)c12. The predicted octanol–water partition coefficient (Wildman–Crippen LogP) is 4.49. The molecule has 14 heavy (non-hydrogen) atoms. The molecule has 0 bridgehead atoms. The lowest BCUT2D eigenvalue weighted by molar-refractivity contribution is 1.15. The standard InChI is InChI=1S/C11H11ClS2/c1-2-7-4-3-5-9-10(7)8(6-12)11(13)14-9/h3-5,13H,2,6H2,1H3. The van der Waals surface area contributed by atoms with Gasteiger partial charge in [-0.3, -0.25) is 0 Å². The molecule has 1 heterocycles. The van der Waals surface area contributed by atoms with Gasteiger partial charge in [0.1, 0.15) is 0 Å². The van der Waals surface area contributed by atoms with Crippen LogP contribution in [-0.4, -0.2) is 0 Å². The maximum absolute atomic E-state index is 5.94. The van der Waals surface area contributed by atoms with Crippen molar-refractivity contribution in [2.45, 2.75) is 23.4 Å². The van der Waals surface area contributed by atoms with E-state index >= 15 is 0 Å². The van der Waals surface area contributed by atoms with Crippen molar-refractivity contribution < 1.29 is 0 Å². The van der Waals surface area contributed by atoms with Crippen molar-refractivity contribution in [3.05, 3.63) is 29.3 Å².